The van der Waals surface area contributed by atoms with E-state index in [0.29, 0.717) is 19.4 Å². The largest absolute Gasteiger partial charge is 0.413 e. The maximum atomic E-state index is 13.0. The van der Waals surface area contributed by atoms with Crippen molar-refractivity contribution in [2.45, 2.75) is 69.8 Å². The number of nitrogens with zero attached hydrogens (tertiary/aromatic N) is 2. The molecule has 1 amide bonds. The molecule has 1 aromatic carbocycles. The van der Waals surface area contributed by atoms with Crippen LogP contribution in [0, 0.1) is 0 Å². The van der Waals surface area contributed by atoms with E-state index >= 15 is 0 Å². The average molecular weight is 507 g/mol. The van der Waals surface area contributed by atoms with Gasteiger partial charge in [-0.1, -0.05) is 18.2 Å². The standard InChI is InChI=1S/C24H34N4O6S/c1-15(2)28-21-7-5-4-6-16(21)10-22(23(28)30)34-24(31)26-17-11-18-8-9-19(12-17)27(18)14-20(29)13-25-35(3,32)33/h4-7,10,15,17-20,25,29H,8-9,11-14H2,1-3H3,(H,26,31)/t17?,18-,19+,20-/m0/s1. The number of aliphatic hydroxyl groups excluding tert-OH is 1. The fourth-order valence-electron chi connectivity index (χ4n) is 5.39. The molecule has 3 heterocycles. The second kappa shape index (κ2) is 10.3. The normalized spacial score (nSPS) is 23.5. The van der Waals surface area contributed by atoms with Crippen LogP contribution in [0.1, 0.15) is 45.6 Å². The number of fused-ring (bicyclic) bond motifs is 3. The van der Waals surface area contributed by atoms with E-state index in [-0.39, 0.29) is 42.0 Å². The van der Waals surface area contributed by atoms with Gasteiger partial charge in [-0.25, -0.2) is 17.9 Å². The first-order valence-corrected chi connectivity index (χ1v) is 13.9. The highest BCUT2D eigenvalue weighted by Crippen LogP contribution is 2.35. The lowest BCUT2D eigenvalue weighted by Crippen LogP contribution is -2.53. The summed E-state index contributed by atoms with van der Waals surface area (Å²) >= 11 is 0. The number of hydrogen-bond acceptors (Lipinski definition) is 7. The number of carbonyl (C=O) groups is 1. The molecule has 0 radical (unpaired) electrons. The van der Waals surface area contributed by atoms with Crippen LogP contribution in [-0.4, -0.2) is 72.7 Å². The van der Waals surface area contributed by atoms with Crippen LogP contribution in [0.4, 0.5) is 4.79 Å². The monoisotopic (exact) mass is 506 g/mol. The second-order valence-electron chi connectivity index (χ2n) is 9.89. The number of aliphatic hydroxyl groups is 1. The molecule has 11 heteroatoms. The first kappa shape index (κ1) is 25.6. The Balaban J connectivity index is 1.38. The zero-order chi connectivity index (χ0) is 25.3. The van der Waals surface area contributed by atoms with Gasteiger partial charge in [0.2, 0.25) is 10.0 Å². The lowest BCUT2D eigenvalue weighted by atomic mass is 9.97. The highest BCUT2D eigenvalue weighted by Gasteiger charge is 2.41. The quantitative estimate of drug-likeness (QED) is 0.496. The molecule has 1 unspecified atom stereocenters. The molecule has 4 atom stereocenters. The van der Waals surface area contributed by atoms with Crippen LogP contribution in [-0.2, 0) is 10.0 Å². The zero-order valence-electron chi connectivity index (χ0n) is 20.3. The molecule has 0 saturated carbocycles. The number of ether oxygens (including phenoxy) is 1. The lowest BCUT2D eigenvalue weighted by Gasteiger charge is -2.39. The summed E-state index contributed by atoms with van der Waals surface area (Å²) in [6.45, 7) is 4.17. The van der Waals surface area contributed by atoms with E-state index in [1.807, 2.05) is 38.1 Å². The van der Waals surface area contributed by atoms with Gasteiger partial charge in [0.1, 0.15) is 0 Å². The highest BCUT2D eigenvalue weighted by molar-refractivity contribution is 7.88. The summed E-state index contributed by atoms with van der Waals surface area (Å²) in [4.78, 5) is 27.9. The smallest absolute Gasteiger partial charge is 0.404 e. The van der Waals surface area contributed by atoms with E-state index in [1.54, 1.807) is 10.6 Å². The fourth-order valence-corrected chi connectivity index (χ4v) is 5.88. The molecule has 35 heavy (non-hydrogen) atoms. The van der Waals surface area contributed by atoms with Gasteiger partial charge in [-0.3, -0.25) is 9.69 Å². The highest BCUT2D eigenvalue weighted by atomic mass is 32.2. The van der Waals surface area contributed by atoms with Gasteiger partial charge in [0.25, 0.3) is 5.56 Å². The number of hydrogen-bond donors (Lipinski definition) is 3. The number of carbonyl (C=O) groups excluding carboxylic acids is 1. The first-order chi connectivity index (χ1) is 16.5. The number of rotatable bonds is 8. The van der Waals surface area contributed by atoms with Gasteiger partial charge in [-0.2, -0.15) is 0 Å². The maximum Gasteiger partial charge on any atom is 0.413 e. The van der Waals surface area contributed by atoms with Crippen molar-refractivity contribution in [2.75, 3.05) is 19.3 Å². The molecule has 0 aliphatic carbocycles. The Morgan fingerprint density at radius 3 is 2.49 bits per heavy atom. The molecule has 2 fully saturated rings. The first-order valence-electron chi connectivity index (χ1n) is 12.0. The number of pyridine rings is 1. The van der Waals surface area contributed by atoms with E-state index in [9.17, 15) is 23.1 Å². The van der Waals surface area contributed by atoms with Crippen LogP contribution >= 0.6 is 0 Å². The van der Waals surface area contributed by atoms with Gasteiger partial charge < -0.3 is 19.7 Å². The van der Waals surface area contributed by atoms with Gasteiger partial charge in [0, 0.05) is 42.6 Å². The minimum Gasteiger partial charge on any atom is -0.404 e. The maximum absolute atomic E-state index is 13.0. The van der Waals surface area contributed by atoms with Crippen molar-refractivity contribution in [1.29, 1.82) is 0 Å². The molecule has 0 spiro atoms. The molecular formula is C24H34N4O6S. The molecule has 2 saturated heterocycles. The van der Waals surface area contributed by atoms with Crippen LogP contribution in [0.25, 0.3) is 10.9 Å². The Kier molecular flexibility index (Phi) is 7.51. The summed E-state index contributed by atoms with van der Waals surface area (Å²) in [5.41, 5.74) is 0.443. The number of aromatic nitrogens is 1. The van der Waals surface area contributed by atoms with Crippen molar-refractivity contribution < 1.29 is 23.1 Å². The van der Waals surface area contributed by atoms with E-state index < -0.39 is 22.2 Å². The topological polar surface area (TPSA) is 130 Å². The number of nitrogens with one attached hydrogen (secondary N) is 2. The van der Waals surface area contributed by atoms with Gasteiger partial charge in [-0.15, -0.1) is 0 Å². The summed E-state index contributed by atoms with van der Waals surface area (Å²) in [5.74, 6) is -0.00296. The molecular weight excluding hydrogens is 472 g/mol. The van der Waals surface area contributed by atoms with Crippen LogP contribution in [0.3, 0.4) is 0 Å². The summed E-state index contributed by atoms with van der Waals surface area (Å²) in [6, 6.07) is 9.28. The van der Waals surface area contributed by atoms with Crippen molar-refractivity contribution >= 4 is 27.0 Å². The van der Waals surface area contributed by atoms with Gasteiger partial charge in [-0.05, 0) is 51.7 Å². The lowest BCUT2D eigenvalue weighted by molar-refractivity contribution is 0.0546. The Morgan fingerprint density at radius 2 is 1.86 bits per heavy atom. The number of piperidine rings is 1. The molecule has 2 aliphatic heterocycles. The third kappa shape index (κ3) is 6.03. The van der Waals surface area contributed by atoms with Crippen LogP contribution < -0.4 is 20.3 Å². The molecule has 10 nitrogen and oxygen atoms in total. The third-order valence-corrected chi connectivity index (χ3v) is 7.53. The Morgan fingerprint density at radius 1 is 1.20 bits per heavy atom. The van der Waals surface area contributed by atoms with E-state index in [0.717, 1.165) is 30.0 Å². The summed E-state index contributed by atoms with van der Waals surface area (Å²) < 4.78 is 32.0. The van der Waals surface area contributed by atoms with Crippen molar-refractivity contribution in [2.24, 2.45) is 0 Å². The molecule has 2 aliphatic rings. The van der Waals surface area contributed by atoms with Crippen molar-refractivity contribution in [3.8, 4) is 5.75 Å². The van der Waals surface area contributed by atoms with Gasteiger partial charge >= 0.3 is 6.09 Å². The Hall–Kier alpha value is -2.47. The molecule has 3 N–H and O–H groups in total. The van der Waals surface area contributed by atoms with E-state index in [4.69, 9.17) is 4.74 Å². The summed E-state index contributed by atoms with van der Waals surface area (Å²) in [7, 11) is -3.36. The molecule has 2 bridgehead atoms. The number of benzene rings is 1. The van der Waals surface area contributed by atoms with E-state index in [1.165, 1.54) is 0 Å². The molecule has 192 valence electrons. The molecule has 2 aromatic rings. The average Bonchev–Trinajstić information content (AvgIpc) is 2.99. The molecule has 1 aromatic heterocycles. The summed E-state index contributed by atoms with van der Waals surface area (Å²) in [5, 5.41) is 14.0. The predicted octanol–water partition coefficient (Wildman–Crippen LogP) is 1.58. The van der Waals surface area contributed by atoms with Crippen LogP contribution in [0.2, 0.25) is 0 Å². The third-order valence-electron chi connectivity index (χ3n) is 6.84. The minimum atomic E-state index is -3.36. The fraction of sp³-hybridized carbons (Fsp3) is 0.583. The van der Waals surface area contributed by atoms with Gasteiger partial charge in [0.15, 0.2) is 5.75 Å². The molecule has 4 rings (SSSR count). The Labute approximate surface area is 205 Å². The second-order valence-corrected chi connectivity index (χ2v) is 11.7. The van der Waals surface area contributed by atoms with Crippen molar-refractivity contribution in [3.05, 3.63) is 40.7 Å². The van der Waals surface area contributed by atoms with Crippen LogP contribution in [0.15, 0.2) is 35.1 Å². The van der Waals surface area contributed by atoms with E-state index in [2.05, 4.69) is 14.9 Å². The van der Waals surface area contributed by atoms with Crippen LogP contribution in [0.5, 0.6) is 5.75 Å². The Bertz CT molecular complexity index is 1230. The predicted molar refractivity (Wildman–Crippen MR) is 133 cm³/mol. The van der Waals surface area contributed by atoms with Crippen molar-refractivity contribution in [1.82, 2.24) is 19.5 Å². The SMILES string of the molecule is CC(C)n1c(=O)c(OC(=O)NC2C[C@H]3CC[C@@H](C2)N3C[C@@H](O)CNS(C)(=O)=O)cc2ccccc21. The minimum absolute atomic E-state index is 0.00296. The summed E-state index contributed by atoms with van der Waals surface area (Å²) in [6.07, 6.45) is 2.91. The number of amides is 1. The number of sulfonamides is 1. The zero-order valence-corrected chi connectivity index (χ0v) is 21.1. The van der Waals surface area contributed by atoms with Crippen molar-refractivity contribution in [3.63, 3.8) is 0 Å². The van der Waals surface area contributed by atoms with Gasteiger partial charge in [0.05, 0.1) is 17.9 Å². The number of para-hydroxylation sites is 1.